The van der Waals surface area contributed by atoms with Crippen molar-refractivity contribution < 1.29 is 36.7 Å². The predicted octanol–water partition coefficient (Wildman–Crippen LogP) is 5.06. The molecular weight excluding hydrogens is 582 g/mol. The highest BCUT2D eigenvalue weighted by molar-refractivity contribution is 6.01. The van der Waals surface area contributed by atoms with Gasteiger partial charge in [-0.15, -0.1) is 0 Å². The number of nitrogens with zero attached hydrogens (tertiary/aromatic N) is 3. The van der Waals surface area contributed by atoms with Crippen molar-refractivity contribution in [3.8, 4) is 0 Å². The molecule has 3 aliphatic rings. The third-order valence-corrected chi connectivity index (χ3v) is 8.83. The molecule has 9 nitrogen and oxygen atoms in total. The van der Waals surface area contributed by atoms with Crippen LogP contribution in [0.15, 0.2) is 30.5 Å². The van der Waals surface area contributed by atoms with Gasteiger partial charge in [-0.25, -0.2) is 4.39 Å². The van der Waals surface area contributed by atoms with Crippen molar-refractivity contribution in [1.82, 2.24) is 20.0 Å². The zero-order valence-corrected chi connectivity index (χ0v) is 25.2. The number of carbonyl (C=O) groups excluding carboxylic acids is 3. The number of hydrogen-bond acceptors (Lipinski definition) is 5. The number of anilines is 1. The molecule has 1 aliphatic heterocycles. The second-order valence-corrected chi connectivity index (χ2v) is 12.6. The third-order valence-electron chi connectivity index (χ3n) is 8.83. The van der Waals surface area contributed by atoms with E-state index in [4.69, 9.17) is 4.74 Å². The lowest BCUT2D eigenvalue weighted by atomic mass is 9.88. The van der Waals surface area contributed by atoms with Gasteiger partial charge in [-0.1, -0.05) is 6.07 Å². The van der Waals surface area contributed by atoms with E-state index in [1.54, 1.807) is 17.7 Å². The van der Waals surface area contributed by atoms with Gasteiger partial charge < -0.3 is 20.3 Å². The van der Waals surface area contributed by atoms with Crippen molar-refractivity contribution in [1.29, 1.82) is 0 Å². The fourth-order valence-corrected chi connectivity index (χ4v) is 6.17. The zero-order valence-electron chi connectivity index (χ0n) is 25.2. The highest BCUT2D eigenvalue weighted by Gasteiger charge is 2.50. The average molecular weight is 622 g/mol. The van der Waals surface area contributed by atoms with E-state index < -0.39 is 60.4 Å². The smallest absolute Gasteiger partial charge is 0.374 e. The van der Waals surface area contributed by atoms with Crippen LogP contribution in [0, 0.1) is 23.6 Å². The van der Waals surface area contributed by atoms with Gasteiger partial charge in [-0.05, 0) is 94.9 Å². The number of halogens is 4. The molecule has 2 aromatic rings. The number of ether oxygens (including phenoxy) is 1. The Bertz CT molecular complexity index is 1380. The quantitative estimate of drug-likeness (QED) is 0.361. The van der Waals surface area contributed by atoms with Crippen molar-refractivity contribution in [3.63, 3.8) is 0 Å². The summed E-state index contributed by atoms with van der Waals surface area (Å²) in [4.78, 5) is 41.0. The van der Waals surface area contributed by atoms with Gasteiger partial charge in [-0.2, -0.15) is 18.3 Å². The molecule has 4 atom stereocenters. The highest BCUT2D eigenvalue weighted by atomic mass is 19.4. The summed E-state index contributed by atoms with van der Waals surface area (Å²) in [5.74, 6) is -3.21. The molecule has 5 rings (SSSR count). The van der Waals surface area contributed by atoms with Crippen LogP contribution in [0.2, 0.25) is 0 Å². The fraction of sp³-hybridized carbons (Fsp3) is 0.613. The first-order chi connectivity index (χ1) is 20.8. The lowest BCUT2D eigenvalue weighted by Gasteiger charge is -2.40. The number of rotatable bonds is 10. The van der Waals surface area contributed by atoms with Crippen LogP contribution in [0.5, 0.6) is 0 Å². The first-order valence-corrected chi connectivity index (χ1v) is 15.2. The third kappa shape index (κ3) is 6.92. The number of nitrogens with one attached hydrogen (secondary N) is 2. The zero-order chi connectivity index (χ0) is 31.9. The molecular formula is C31H39F4N5O4. The normalized spacial score (nSPS) is 22.2. The van der Waals surface area contributed by atoms with Gasteiger partial charge in [0.2, 0.25) is 11.8 Å². The molecule has 2 aliphatic carbocycles. The molecule has 1 aromatic heterocycles. The Kier molecular flexibility index (Phi) is 9.06. The summed E-state index contributed by atoms with van der Waals surface area (Å²) in [7, 11) is 0. The molecule has 0 spiro atoms. The number of aromatic nitrogens is 2. The SMILES string of the molecule is CC1CN(C(=O)[C@@H](C)c2ccc(NC(=O)[C@@H](NC(=O)c3ccnn3C(C)C)C(C3CC3)C3CC3)c(F)c2)C(C(F)(F)F)CO1. The molecule has 2 saturated carbocycles. The van der Waals surface area contributed by atoms with Crippen LogP contribution >= 0.6 is 0 Å². The molecule has 0 bridgehead atoms. The van der Waals surface area contributed by atoms with Gasteiger partial charge >= 0.3 is 6.18 Å². The van der Waals surface area contributed by atoms with E-state index in [9.17, 15) is 27.6 Å². The number of alkyl halides is 3. The van der Waals surface area contributed by atoms with Crippen LogP contribution < -0.4 is 10.6 Å². The Balaban J connectivity index is 1.33. The van der Waals surface area contributed by atoms with Crippen LogP contribution in [0.3, 0.4) is 0 Å². The van der Waals surface area contributed by atoms with Gasteiger partial charge in [0, 0.05) is 18.8 Å². The number of hydrogen-bond donors (Lipinski definition) is 2. The van der Waals surface area contributed by atoms with Crippen molar-refractivity contribution >= 4 is 23.4 Å². The molecule has 2 N–H and O–H groups in total. The van der Waals surface area contributed by atoms with E-state index in [2.05, 4.69) is 15.7 Å². The van der Waals surface area contributed by atoms with Crippen LogP contribution in [-0.2, 0) is 14.3 Å². The second-order valence-electron chi connectivity index (χ2n) is 12.6. The van der Waals surface area contributed by atoms with Crippen LogP contribution in [-0.4, -0.2) is 69.9 Å². The Morgan fingerprint density at radius 1 is 1.05 bits per heavy atom. The highest BCUT2D eigenvalue weighted by Crippen LogP contribution is 2.51. The molecule has 2 unspecified atom stereocenters. The minimum atomic E-state index is -4.67. The van der Waals surface area contributed by atoms with E-state index in [0.29, 0.717) is 5.69 Å². The maximum atomic E-state index is 15.4. The summed E-state index contributed by atoms with van der Waals surface area (Å²) in [6, 6.07) is 2.29. The monoisotopic (exact) mass is 621 g/mol. The van der Waals surface area contributed by atoms with Crippen molar-refractivity contribution in [2.75, 3.05) is 18.5 Å². The van der Waals surface area contributed by atoms with Crippen molar-refractivity contribution in [2.45, 2.75) is 89.7 Å². The molecule has 0 radical (unpaired) electrons. The first-order valence-electron chi connectivity index (χ1n) is 15.2. The van der Waals surface area contributed by atoms with Crippen LogP contribution in [0.1, 0.15) is 81.4 Å². The van der Waals surface area contributed by atoms with Crippen molar-refractivity contribution in [2.24, 2.45) is 17.8 Å². The fourth-order valence-electron chi connectivity index (χ4n) is 6.17. The summed E-state index contributed by atoms with van der Waals surface area (Å²) in [5, 5.41) is 9.74. The first kappa shape index (κ1) is 31.9. The largest absolute Gasteiger partial charge is 0.411 e. The Morgan fingerprint density at radius 2 is 1.70 bits per heavy atom. The number of benzene rings is 1. The van der Waals surface area contributed by atoms with Crippen LogP contribution in [0.4, 0.5) is 23.2 Å². The van der Waals surface area contributed by atoms with Gasteiger partial charge in [0.1, 0.15) is 17.6 Å². The van der Waals surface area contributed by atoms with Crippen molar-refractivity contribution in [3.05, 3.63) is 47.5 Å². The topological polar surface area (TPSA) is 106 Å². The Hall–Kier alpha value is -3.48. The Labute approximate surface area is 253 Å². The minimum Gasteiger partial charge on any atom is -0.374 e. The molecule has 44 heavy (non-hydrogen) atoms. The maximum absolute atomic E-state index is 15.4. The van der Waals surface area contributed by atoms with E-state index in [0.717, 1.165) is 36.6 Å². The van der Waals surface area contributed by atoms with E-state index in [1.807, 2.05) is 13.8 Å². The van der Waals surface area contributed by atoms with Gasteiger partial charge in [0.05, 0.1) is 24.3 Å². The molecule has 3 amide bonds. The summed E-state index contributed by atoms with van der Waals surface area (Å²) in [6.07, 6.45) is 0.0955. The molecule has 13 heteroatoms. The molecule has 240 valence electrons. The second kappa shape index (κ2) is 12.5. The number of morpholine rings is 1. The minimum absolute atomic E-state index is 0.0754. The maximum Gasteiger partial charge on any atom is 0.411 e. The molecule has 2 heterocycles. The number of amides is 3. The van der Waals surface area contributed by atoms with E-state index in [1.165, 1.54) is 25.3 Å². The average Bonchev–Trinajstić information content (AvgIpc) is 3.91. The molecule has 3 fully saturated rings. The molecule has 1 saturated heterocycles. The lowest BCUT2D eigenvalue weighted by molar-refractivity contribution is -0.221. The summed E-state index contributed by atoms with van der Waals surface area (Å²) in [6.45, 7) is 5.89. The van der Waals surface area contributed by atoms with Gasteiger partial charge in [-0.3, -0.25) is 19.1 Å². The van der Waals surface area contributed by atoms with Crippen LogP contribution in [0.25, 0.3) is 0 Å². The summed E-state index contributed by atoms with van der Waals surface area (Å²) < 4.78 is 63.0. The van der Waals surface area contributed by atoms with Gasteiger partial charge in [0.25, 0.3) is 5.91 Å². The summed E-state index contributed by atoms with van der Waals surface area (Å²) in [5.41, 5.74) is 0.342. The number of carbonyl (C=O) groups is 3. The van der Waals surface area contributed by atoms with E-state index >= 15 is 4.39 Å². The molecule has 1 aromatic carbocycles. The standard InChI is InChI=1S/C31H39F4N5O4/c1-16(2)40-24(11-12-36-40)28(41)38-27(26(19-5-6-19)20-7-8-20)29(42)37-23-10-9-21(13-22(23)32)18(4)30(43)39-14-17(3)44-15-25(39)31(33,34)35/h9-13,16-20,25-27H,5-8,14-15H2,1-4H3,(H,37,42)(H,38,41)/t17?,18-,25?,27-/m0/s1. The summed E-state index contributed by atoms with van der Waals surface area (Å²) >= 11 is 0. The lowest BCUT2D eigenvalue weighted by Crippen LogP contribution is -2.58. The van der Waals surface area contributed by atoms with Gasteiger partial charge in [0.15, 0.2) is 6.04 Å². The Morgan fingerprint density at radius 3 is 2.27 bits per heavy atom. The predicted molar refractivity (Wildman–Crippen MR) is 153 cm³/mol. The van der Waals surface area contributed by atoms with E-state index in [-0.39, 0.29) is 41.6 Å².